The van der Waals surface area contributed by atoms with Crippen LogP contribution in [0.15, 0.2) is 48.5 Å². The molecule has 0 saturated heterocycles. The Morgan fingerprint density at radius 3 is 2.67 bits per heavy atom. The molecule has 2 aromatic rings. The predicted octanol–water partition coefficient (Wildman–Crippen LogP) is 3.42. The average molecular weight is 307 g/mol. The fourth-order valence-corrected chi connectivity index (χ4v) is 2.05. The molecule has 6 heteroatoms. The Morgan fingerprint density at radius 1 is 1.19 bits per heavy atom. The van der Waals surface area contributed by atoms with Gasteiger partial charge in [0.25, 0.3) is 5.69 Å². The monoisotopic (exact) mass is 306 g/mol. The van der Waals surface area contributed by atoms with Crippen LogP contribution < -0.4 is 10.1 Å². The van der Waals surface area contributed by atoms with Gasteiger partial charge in [0, 0.05) is 29.7 Å². The maximum atomic E-state index is 10.9. The minimum Gasteiger partial charge on any atom is -0.492 e. The molecule has 0 aliphatic carbocycles. The first-order valence-corrected chi connectivity index (χ1v) is 6.86. The number of hydrogen-bond acceptors (Lipinski definition) is 4. The van der Waals surface area contributed by atoms with Crippen molar-refractivity contribution in [1.29, 1.82) is 0 Å². The molecule has 2 aromatic carbocycles. The number of nitro groups is 1. The summed E-state index contributed by atoms with van der Waals surface area (Å²) < 4.78 is 5.52. The summed E-state index contributed by atoms with van der Waals surface area (Å²) >= 11 is 5.87. The van der Waals surface area contributed by atoms with Gasteiger partial charge in [0.15, 0.2) is 0 Å². The molecule has 0 amide bonds. The smallest absolute Gasteiger partial charge is 0.273 e. The van der Waals surface area contributed by atoms with E-state index in [1.165, 1.54) is 12.1 Å². The summed E-state index contributed by atoms with van der Waals surface area (Å²) in [6.45, 7) is 1.44. The molecule has 21 heavy (non-hydrogen) atoms. The first-order valence-electron chi connectivity index (χ1n) is 6.48. The fraction of sp³-hybridized carbons (Fsp3) is 0.200. The summed E-state index contributed by atoms with van der Waals surface area (Å²) in [5, 5.41) is 14.5. The summed E-state index contributed by atoms with van der Waals surface area (Å²) in [6.07, 6.45) is 0. The molecule has 0 heterocycles. The summed E-state index contributed by atoms with van der Waals surface area (Å²) in [5.41, 5.74) is 0.628. The van der Waals surface area contributed by atoms with Gasteiger partial charge in [-0.2, -0.15) is 0 Å². The highest BCUT2D eigenvalue weighted by molar-refractivity contribution is 6.30. The lowest BCUT2D eigenvalue weighted by Crippen LogP contribution is -2.21. The first-order chi connectivity index (χ1) is 10.2. The van der Waals surface area contributed by atoms with Gasteiger partial charge in [-0.05, 0) is 24.3 Å². The lowest BCUT2D eigenvalue weighted by Gasteiger charge is -2.08. The highest BCUT2D eigenvalue weighted by atomic mass is 35.5. The van der Waals surface area contributed by atoms with E-state index >= 15 is 0 Å². The van der Waals surface area contributed by atoms with E-state index in [0.29, 0.717) is 30.3 Å². The second kappa shape index (κ2) is 7.61. The number of nitro benzene ring substituents is 1. The number of halogens is 1. The fourth-order valence-electron chi connectivity index (χ4n) is 1.85. The third kappa shape index (κ3) is 4.73. The Hall–Kier alpha value is -2.11. The van der Waals surface area contributed by atoms with E-state index in [2.05, 4.69) is 5.32 Å². The Kier molecular flexibility index (Phi) is 5.54. The van der Waals surface area contributed by atoms with Gasteiger partial charge in [-0.1, -0.05) is 29.8 Å². The van der Waals surface area contributed by atoms with Gasteiger partial charge in [-0.25, -0.2) is 0 Å². The van der Waals surface area contributed by atoms with Crippen LogP contribution in [0, 0.1) is 10.1 Å². The molecule has 0 aliphatic rings. The van der Waals surface area contributed by atoms with Crippen LogP contribution in [0.5, 0.6) is 5.75 Å². The highest BCUT2D eigenvalue weighted by Gasteiger charge is 2.13. The summed E-state index contributed by atoms with van der Waals surface area (Å²) in [6, 6.07) is 14.0. The largest absolute Gasteiger partial charge is 0.492 e. The molecule has 0 radical (unpaired) electrons. The molecule has 0 saturated carbocycles. The van der Waals surface area contributed by atoms with Crippen LogP contribution in [-0.2, 0) is 6.54 Å². The van der Waals surface area contributed by atoms with Gasteiger partial charge in [-0.3, -0.25) is 10.1 Å². The molecule has 0 aromatic heterocycles. The minimum atomic E-state index is -0.409. The maximum Gasteiger partial charge on any atom is 0.273 e. The molecular weight excluding hydrogens is 292 g/mol. The number of hydrogen-bond donors (Lipinski definition) is 1. The third-order valence-corrected chi connectivity index (χ3v) is 3.08. The van der Waals surface area contributed by atoms with Crippen LogP contribution in [0.4, 0.5) is 5.69 Å². The molecule has 2 rings (SSSR count). The van der Waals surface area contributed by atoms with E-state index in [9.17, 15) is 10.1 Å². The molecule has 0 fully saturated rings. The molecule has 1 N–H and O–H groups in total. The highest BCUT2D eigenvalue weighted by Crippen LogP contribution is 2.22. The van der Waals surface area contributed by atoms with E-state index in [1.54, 1.807) is 6.07 Å². The van der Waals surface area contributed by atoms with Crippen molar-refractivity contribution >= 4 is 17.3 Å². The van der Waals surface area contributed by atoms with Crippen molar-refractivity contribution in [3.63, 3.8) is 0 Å². The molecule has 0 unspecified atom stereocenters. The second-order valence-electron chi connectivity index (χ2n) is 4.37. The van der Waals surface area contributed by atoms with Gasteiger partial charge >= 0.3 is 0 Å². The van der Waals surface area contributed by atoms with E-state index in [-0.39, 0.29) is 5.69 Å². The van der Waals surface area contributed by atoms with Crippen LogP contribution in [0.2, 0.25) is 5.02 Å². The Bertz CT molecular complexity index is 605. The van der Waals surface area contributed by atoms with E-state index in [0.717, 1.165) is 5.75 Å². The van der Waals surface area contributed by atoms with Crippen molar-refractivity contribution in [3.8, 4) is 5.75 Å². The minimum absolute atomic E-state index is 0.0656. The number of ether oxygens (including phenoxy) is 1. The average Bonchev–Trinajstić information content (AvgIpc) is 2.48. The van der Waals surface area contributed by atoms with Crippen molar-refractivity contribution in [2.24, 2.45) is 0 Å². The lowest BCUT2D eigenvalue weighted by molar-refractivity contribution is -0.385. The zero-order chi connectivity index (χ0) is 15.1. The zero-order valence-electron chi connectivity index (χ0n) is 11.3. The van der Waals surface area contributed by atoms with Gasteiger partial charge in [0.2, 0.25) is 0 Å². The summed E-state index contributed by atoms with van der Waals surface area (Å²) in [5.74, 6) is 0.799. The van der Waals surface area contributed by atoms with E-state index in [4.69, 9.17) is 16.3 Å². The topological polar surface area (TPSA) is 64.4 Å². The van der Waals surface area contributed by atoms with Crippen molar-refractivity contribution in [1.82, 2.24) is 5.32 Å². The van der Waals surface area contributed by atoms with Crippen LogP contribution >= 0.6 is 11.6 Å². The number of benzene rings is 2. The SMILES string of the molecule is O=[N+]([O-])c1ccc(Cl)cc1CNCCOc1ccccc1. The molecular formula is C15H15ClN2O3. The third-order valence-electron chi connectivity index (χ3n) is 2.84. The molecule has 5 nitrogen and oxygen atoms in total. The Morgan fingerprint density at radius 2 is 1.95 bits per heavy atom. The van der Waals surface area contributed by atoms with Crippen LogP contribution in [-0.4, -0.2) is 18.1 Å². The molecule has 0 atom stereocenters. The number of nitrogens with zero attached hydrogens (tertiary/aromatic N) is 1. The van der Waals surface area contributed by atoms with Gasteiger partial charge in [0.1, 0.15) is 12.4 Å². The number of rotatable bonds is 7. The van der Waals surface area contributed by atoms with Crippen LogP contribution in [0.1, 0.15) is 5.56 Å². The molecule has 0 bridgehead atoms. The first kappa shape index (κ1) is 15.3. The molecule has 110 valence electrons. The second-order valence-corrected chi connectivity index (χ2v) is 4.80. The van der Waals surface area contributed by atoms with Gasteiger partial charge in [-0.15, -0.1) is 0 Å². The Balaban J connectivity index is 1.81. The number of para-hydroxylation sites is 1. The van der Waals surface area contributed by atoms with E-state index < -0.39 is 4.92 Å². The number of nitrogens with one attached hydrogen (secondary N) is 1. The van der Waals surface area contributed by atoms with Crippen LogP contribution in [0.3, 0.4) is 0 Å². The summed E-state index contributed by atoms with van der Waals surface area (Å²) in [7, 11) is 0. The quantitative estimate of drug-likeness (QED) is 0.483. The normalized spacial score (nSPS) is 10.3. The van der Waals surface area contributed by atoms with E-state index in [1.807, 2.05) is 30.3 Å². The van der Waals surface area contributed by atoms with Crippen molar-refractivity contribution in [2.75, 3.05) is 13.2 Å². The van der Waals surface area contributed by atoms with Crippen molar-refractivity contribution < 1.29 is 9.66 Å². The van der Waals surface area contributed by atoms with Crippen molar-refractivity contribution in [2.45, 2.75) is 6.54 Å². The zero-order valence-corrected chi connectivity index (χ0v) is 12.0. The molecule has 0 aliphatic heterocycles. The molecule has 0 spiro atoms. The Labute approximate surface area is 127 Å². The summed E-state index contributed by atoms with van der Waals surface area (Å²) in [4.78, 5) is 10.5. The van der Waals surface area contributed by atoms with Gasteiger partial charge in [0.05, 0.1) is 4.92 Å². The van der Waals surface area contributed by atoms with Crippen LogP contribution in [0.25, 0.3) is 0 Å². The lowest BCUT2D eigenvalue weighted by atomic mass is 10.2. The standard InChI is InChI=1S/C15H15ClN2O3/c16-13-6-7-15(18(19)20)12(10-13)11-17-8-9-21-14-4-2-1-3-5-14/h1-7,10,17H,8-9,11H2. The maximum absolute atomic E-state index is 10.9. The van der Waals surface area contributed by atoms with Gasteiger partial charge < -0.3 is 10.1 Å². The predicted molar refractivity (Wildman–Crippen MR) is 81.8 cm³/mol. The van der Waals surface area contributed by atoms with Crippen molar-refractivity contribution in [3.05, 3.63) is 69.2 Å².